The zero-order valence-corrected chi connectivity index (χ0v) is 20.2. The van der Waals surface area contributed by atoms with Gasteiger partial charge in [0, 0.05) is 19.2 Å². The van der Waals surface area contributed by atoms with Crippen LogP contribution in [0.4, 0.5) is 0 Å². The van der Waals surface area contributed by atoms with Gasteiger partial charge in [0.1, 0.15) is 0 Å². The molecule has 7 nitrogen and oxygen atoms in total. The van der Waals surface area contributed by atoms with Crippen molar-refractivity contribution < 1.29 is 14.3 Å². The Labute approximate surface area is 193 Å². The number of fused-ring (bicyclic) bond motifs is 1. The highest BCUT2D eigenvalue weighted by Gasteiger charge is 2.17. The molecule has 0 bridgehead atoms. The first-order chi connectivity index (χ1) is 15.4. The lowest BCUT2D eigenvalue weighted by Gasteiger charge is -2.17. The third-order valence-electron chi connectivity index (χ3n) is 5.51. The molecule has 0 aliphatic heterocycles. The Kier molecular flexibility index (Phi) is 8.61. The lowest BCUT2D eigenvalue weighted by molar-refractivity contribution is -0.118. The number of thioether (sulfide) groups is 1. The number of nitrogens with zero attached hydrogens (tertiary/aromatic N) is 2. The molecule has 1 aromatic carbocycles. The van der Waals surface area contributed by atoms with Crippen LogP contribution in [0, 0.1) is 5.92 Å². The van der Waals surface area contributed by atoms with Crippen LogP contribution in [-0.4, -0.2) is 42.0 Å². The van der Waals surface area contributed by atoms with E-state index in [2.05, 4.69) is 25.2 Å². The van der Waals surface area contributed by atoms with Gasteiger partial charge in [-0.25, -0.2) is 4.98 Å². The lowest BCUT2D eigenvalue weighted by atomic mass is 9.97. The van der Waals surface area contributed by atoms with Crippen LogP contribution in [0.3, 0.4) is 0 Å². The molecule has 0 spiro atoms. The van der Waals surface area contributed by atoms with Gasteiger partial charge in [0.05, 0.1) is 30.9 Å². The molecule has 174 valence electrons. The molecular formula is C24H33N3O4S. The Hall–Kier alpha value is -2.48. The summed E-state index contributed by atoms with van der Waals surface area (Å²) >= 11 is 1.29. The predicted molar refractivity (Wildman–Crippen MR) is 129 cm³/mol. The van der Waals surface area contributed by atoms with Crippen LogP contribution in [0.5, 0.6) is 11.5 Å². The van der Waals surface area contributed by atoms with E-state index in [9.17, 15) is 9.59 Å². The number of ether oxygens (including phenoxy) is 2. The molecule has 1 amide bonds. The molecule has 2 aromatic rings. The van der Waals surface area contributed by atoms with Crippen molar-refractivity contribution in [3.63, 3.8) is 0 Å². The second-order valence-electron chi connectivity index (χ2n) is 8.42. The van der Waals surface area contributed by atoms with Gasteiger partial charge in [0.15, 0.2) is 16.7 Å². The minimum absolute atomic E-state index is 0.0631. The normalized spacial score (nSPS) is 13.8. The maximum Gasteiger partial charge on any atom is 0.262 e. The first kappa shape index (κ1) is 24.2. The molecule has 0 saturated heterocycles. The van der Waals surface area contributed by atoms with Gasteiger partial charge in [-0.15, -0.1) is 0 Å². The second kappa shape index (κ2) is 11.4. The average Bonchev–Trinajstić information content (AvgIpc) is 2.80. The van der Waals surface area contributed by atoms with Crippen LogP contribution in [0.15, 0.2) is 33.7 Å². The van der Waals surface area contributed by atoms with Crippen molar-refractivity contribution in [2.75, 3.05) is 26.5 Å². The molecule has 8 heteroatoms. The van der Waals surface area contributed by atoms with Crippen LogP contribution >= 0.6 is 11.8 Å². The van der Waals surface area contributed by atoms with Crippen LogP contribution in [-0.2, 0) is 11.3 Å². The number of amides is 1. The first-order valence-electron chi connectivity index (χ1n) is 11.2. The average molecular weight is 460 g/mol. The van der Waals surface area contributed by atoms with Crippen molar-refractivity contribution in [3.8, 4) is 11.5 Å². The monoisotopic (exact) mass is 459 g/mol. The SMILES string of the molecule is COc1cc2nc(SCC(=O)NCC(C)C)n(CCC3=CCCCC3)c(=O)c2cc1OC. The Morgan fingerprint density at radius 3 is 2.62 bits per heavy atom. The quantitative estimate of drug-likeness (QED) is 0.326. The van der Waals surface area contributed by atoms with E-state index in [1.54, 1.807) is 30.9 Å². The van der Waals surface area contributed by atoms with Gasteiger partial charge in [-0.1, -0.05) is 37.3 Å². The van der Waals surface area contributed by atoms with Gasteiger partial charge >= 0.3 is 0 Å². The molecule has 0 radical (unpaired) electrons. The summed E-state index contributed by atoms with van der Waals surface area (Å²) in [6.45, 7) is 5.27. The van der Waals surface area contributed by atoms with Crippen molar-refractivity contribution in [3.05, 3.63) is 34.1 Å². The number of carbonyl (C=O) groups is 1. The highest BCUT2D eigenvalue weighted by atomic mass is 32.2. The van der Waals surface area contributed by atoms with E-state index in [1.807, 2.05) is 0 Å². The summed E-state index contributed by atoms with van der Waals surface area (Å²) in [6, 6.07) is 3.40. The molecule has 0 unspecified atom stereocenters. The first-order valence-corrected chi connectivity index (χ1v) is 12.2. The lowest BCUT2D eigenvalue weighted by Crippen LogP contribution is -2.29. The van der Waals surface area contributed by atoms with E-state index in [4.69, 9.17) is 14.5 Å². The number of hydrogen-bond donors (Lipinski definition) is 1. The minimum atomic E-state index is -0.127. The van der Waals surface area contributed by atoms with Crippen molar-refractivity contribution in [2.24, 2.45) is 5.92 Å². The van der Waals surface area contributed by atoms with Crippen molar-refractivity contribution in [2.45, 2.75) is 57.7 Å². The molecule has 1 aliphatic carbocycles. The fourth-order valence-electron chi connectivity index (χ4n) is 3.72. The fourth-order valence-corrected chi connectivity index (χ4v) is 4.58. The Bertz CT molecular complexity index is 1050. The van der Waals surface area contributed by atoms with Crippen LogP contribution in [0.25, 0.3) is 10.9 Å². The molecule has 0 atom stereocenters. The molecule has 32 heavy (non-hydrogen) atoms. The van der Waals surface area contributed by atoms with Crippen molar-refractivity contribution in [1.82, 2.24) is 14.9 Å². The largest absolute Gasteiger partial charge is 0.493 e. The summed E-state index contributed by atoms with van der Waals surface area (Å²) in [7, 11) is 3.10. The van der Waals surface area contributed by atoms with E-state index in [0.29, 0.717) is 46.6 Å². The topological polar surface area (TPSA) is 82.5 Å². The molecule has 0 fully saturated rings. The van der Waals surface area contributed by atoms with Gasteiger partial charge in [0.2, 0.25) is 5.91 Å². The van der Waals surface area contributed by atoms with Gasteiger partial charge in [-0.2, -0.15) is 0 Å². The maximum absolute atomic E-state index is 13.4. The number of aromatic nitrogens is 2. The van der Waals surface area contributed by atoms with Gasteiger partial charge in [0.25, 0.3) is 5.56 Å². The van der Waals surface area contributed by atoms with Crippen LogP contribution in [0.2, 0.25) is 0 Å². The van der Waals surface area contributed by atoms with Crippen LogP contribution < -0.4 is 20.3 Å². The van der Waals surface area contributed by atoms with E-state index in [-0.39, 0.29) is 17.2 Å². The maximum atomic E-state index is 13.4. The number of benzene rings is 1. The smallest absolute Gasteiger partial charge is 0.262 e. The number of methoxy groups -OCH3 is 2. The number of hydrogen-bond acceptors (Lipinski definition) is 6. The highest BCUT2D eigenvalue weighted by Crippen LogP contribution is 2.31. The van der Waals surface area contributed by atoms with E-state index < -0.39 is 0 Å². The van der Waals surface area contributed by atoms with E-state index >= 15 is 0 Å². The molecule has 3 rings (SSSR count). The summed E-state index contributed by atoms with van der Waals surface area (Å²) in [5, 5.41) is 3.95. The molecule has 1 aliphatic rings. The van der Waals surface area contributed by atoms with Crippen LogP contribution in [0.1, 0.15) is 46.0 Å². The minimum Gasteiger partial charge on any atom is -0.493 e. The zero-order chi connectivity index (χ0) is 23.1. The van der Waals surface area contributed by atoms with E-state index in [0.717, 1.165) is 19.3 Å². The summed E-state index contributed by atoms with van der Waals surface area (Å²) in [6.07, 6.45) is 7.73. The van der Waals surface area contributed by atoms with E-state index in [1.165, 1.54) is 30.2 Å². The number of allylic oxidation sites excluding steroid dienone is 2. The predicted octanol–water partition coefficient (Wildman–Crippen LogP) is 4.17. The zero-order valence-electron chi connectivity index (χ0n) is 19.4. The second-order valence-corrected chi connectivity index (χ2v) is 9.36. The molecular weight excluding hydrogens is 426 g/mol. The summed E-state index contributed by atoms with van der Waals surface area (Å²) < 4.78 is 12.5. The standard InChI is InChI=1S/C24H33N3O4S/c1-16(2)14-25-22(28)15-32-24-26-19-13-21(31-4)20(30-3)12-18(19)23(29)27(24)11-10-17-8-6-5-7-9-17/h8,12-13,16H,5-7,9-11,14-15H2,1-4H3,(H,25,28). The number of rotatable bonds is 10. The van der Waals surface area contributed by atoms with Gasteiger partial charge in [-0.3, -0.25) is 14.2 Å². The fraction of sp³-hybridized carbons (Fsp3) is 0.542. The number of nitrogens with one attached hydrogen (secondary N) is 1. The van der Waals surface area contributed by atoms with Crippen molar-refractivity contribution in [1.29, 1.82) is 0 Å². The summed E-state index contributed by atoms with van der Waals surface area (Å²) in [5.74, 6) is 1.54. The molecule has 0 saturated carbocycles. The Morgan fingerprint density at radius 1 is 1.22 bits per heavy atom. The Balaban J connectivity index is 1.94. The summed E-state index contributed by atoms with van der Waals surface area (Å²) in [5.41, 5.74) is 1.80. The van der Waals surface area contributed by atoms with Gasteiger partial charge < -0.3 is 14.8 Å². The number of carbonyl (C=O) groups excluding carboxylic acids is 1. The molecule has 1 N–H and O–H groups in total. The summed E-state index contributed by atoms with van der Waals surface area (Å²) in [4.78, 5) is 30.5. The van der Waals surface area contributed by atoms with Gasteiger partial charge in [-0.05, 0) is 44.1 Å². The molecule has 1 aromatic heterocycles. The Morgan fingerprint density at radius 2 is 1.97 bits per heavy atom. The van der Waals surface area contributed by atoms with Crippen molar-refractivity contribution >= 4 is 28.6 Å². The highest BCUT2D eigenvalue weighted by molar-refractivity contribution is 7.99. The third-order valence-corrected chi connectivity index (χ3v) is 6.48. The molecule has 1 heterocycles. The third kappa shape index (κ3) is 6.06.